The van der Waals surface area contributed by atoms with E-state index < -0.39 is 0 Å². The molecule has 2 nitrogen and oxygen atoms in total. The third kappa shape index (κ3) is 1.01. The lowest BCUT2D eigenvalue weighted by Gasteiger charge is -2.48. The summed E-state index contributed by atoms with van der Waals surface area (Å²) < 4.78 is 0. The lowest BCUT2D eigenvalue weighted by atomic mass is 9.73. The van der Waals surface area contributed by atoms with Crippen LogP contribution < -0.4 is 0 Å². The summed E-state index contributed by atoms with van der Waals surface area (Å²) in [5, 5.41) is 0. The van der Waals surface area contributed by atoms with Crippen molar-refractivity contribution in [1.29, 1.82) is 0 Å². The van der Waals surface area contributed by atoms with Crippen LogP contribution in [0.25, 0.3) is 0 Å². The standard InChI is InChI=1S/C10H17NO/c1-3-9-7(2)8-4-5-11(9)6-10(8)12/h7-9H,3-6H2,1-2H3. The van der Waals surface area contributed by atoms with Gasteiger partial charge in [-0.15, -0.1) is 0 Å². The van der Waals surface area contributed by atoms with E-state index >= 15 is 0 Å². The molecule has 0 saturated carbocycles. The number of rotatable bonds is 1. The van der Waals surface area contributed by atoms with Gasteiger partial charge in [-0.05, 0) is 25.3 Å². The Bertz CT molecular complexity index is 200. The summed E-state index contributed by atoms with van der Waals surface area (Å²) in [6.45, 7) is 6.35. The fraction of sp³-hybridized carbons (Fsp3) is 0.900. The molecule has 4 unspecified atom stereocenters. The highest BCUT2D eigenvalue weighted by molar-refractivity contribution is 5.85. The summed E-state index contributed by atoms with van der Waals surface area (Å²) in [6.07, 6.45) is 2.31. The Hall–Kier alpha value is -0.370. The van der Waals surface area contributed by atoms with Gasteiger partial charge in [0.1, 0.15) is 5.78 Å². The Labute approximate surface area is 73.9 Å². The van der Waals surface area contributed by atoms with Crippen LogP contribution in [-0.4, -0.2) is 29.8 Å². The lowest BCUT2D eigenvalue weighted by molar-refractivity contribution is -0.138. The number of piperidine rings is 3. The smallest absolute Gasteiger partial charge is 0.150 e. The first-order valence-corrected chi connectivity index (χ1v) is 5.00. The van der Waals surface area contributed by atoms with E-state index in [0.717, 1.165) is 19.5 Å². The van der Waals surface area contributed by atoms with Crippen LogP contribution in [0, 0.1) is 11.8 Å². The molecule has 0 aromatic rings. The van der Waals surface area contributed by atoms with Gasteiger partial charge in [0.15, 0.2) is 0 Å². The lowest BCUT2D eigenvalue weighted by Crippen LogP contribution is -2.58. The maximum Gasteiger partial charge on any atom is 0.150 e. The van der Waals surface area contributed by atoms with Crippen molar-refractivity contribution in [1.82, 2.24) is 4.90 Å². The fourth-order valence-electron chi connectivity index (χ4n) is 2.93. The van der Waals surface area contributed by atoms with Crippen molar-refractivity contribution in [3.63, 3.8) is 0 Å². The predicted molar refractivity (Wildman–Crippen MR) is 47.9 cm³/mol. The summed E-state index contributed by atoms with van der Waals surface area (Å²) in [5.74, 6) is 1.48. The molecule has 2 bridgehead atoms. The van der Waals surface area contributed by atoms with Crippen LogP contribution in [0.15, 0.2) is 0 Å². The average molecular weight is 167 g/mol. The first kappa shape index (κ1) is 8.24. The Balaban J connectivity index is 2.19. The second-order valence-corrected chi connectivity index (χ2v) is 4.17. The molecule has 0 aromatic carbocycles. The molecule has 2 heteroatoms. The first-order valence-electron chi connectivity index (χ1n) is 5.00. The van der Waals surface area contributed by atoms with Crippen LogP contribution in [0.5, 0.6) is 0 Å². The van der Waals surface area contributed by atoms with Crippen molar-refractivity contribution in [2.45, 2.75) is 32.7 Å². The van der Waals surface area contributed by atoms with Crippen LogP contribution >= 0.6 is 0 Å². The quantitative estimate of drug-likeness (QED) is 0.587. The minimum absolute atomic E-state index is 0.389. The molecular weight excluding hydrogens is 150 g/mol. The first-order chi connectivity index (χ1) is 5.74. The number of hydrogen-bond donors (Lipinski definition) is 0. The van der Waals surface area contributed by atoms with Gasteiger partial charge in [0.05, 0.1) is 6.54 Å². The van der Waals surface area contributed by atoms with Gasteiger partial charge < -0.3 is 0 Å². The molecule has 0 amide bonds. The molecule has 0 radical (unpaired) electrons. The van der Waals surface area contributed by atoms with Gasteiger partial charge >= 0.3 is 0 Å². The van der Waals surface area contributed by atoms with Gasteiger partial charge in [-0.1, -0.05) is 13.8 Å². The van der Waals surface area contributed by atoms with Crippen LogP contribution in [0.2, 0.25) is 0 Å². The molecule has 3 aliphatic rings. The van der Waals surface area contributed by atoms with Gasteiger partial charge in [-0.2, -0.15) is 0 Å². The molecule has 3 aliphatic heterocycles. The number of hydrogen-bond acceptors (Lipinski definition) is 2. The zero-order chi connectivity index (χ0) is 8.72. The highest BCUT2D eigenvalue weighted by Gasteiger charge is 2.43. The second-order valence-electron chi connectivity index (χ2n) is 4.17. The largest absolute Gasteiger partial charge is 0.298 e. The molecular formula is C10H17NO. The monoisotopic (exact) mass is 167 g/mol. The molecule has 3 rings (SSSR count). The molecule has 3 saturated heterocycles. The Kier molecular flexibility index (Phi) is 1.95. The van der Waals surface area contributed by atoms with Crippen molar-refractivity contribution >= 4 is 5.78 Å². The summed E-state index contributed by atoms with van der Waals surface area (Å²) in [5.41, 5.74) is 0. The van der Waals surface area contributed by atoms with Crippen LogP contribution in [0.3, 0.4) is 0 Å². The Morgan fingerprint density at radius 2 is 2.33 bits per heavy atom. The van der Waals surface area contributed by atoms with Gasteiger partial charge in [-0.3, -0.25) is 9.69 Å². The van der Waals surface area contributed by atoms with Gasteiger partial charge in [0.2, 0.25) is 0 Å². The van der Waals surface area contributed by atoms with E-state index in [4.69, 9.17) is 0 Å². The van der Waals surface area contributed by atoms with Crippen LogP contribution in [0.1, 0.15) is 26.7 Å². The molecule has 3 heterocycles. The molecule has 68 valence electrons. The molecule has 4 atom stereocenters. The molecule has 0 aliphatic carbocycles. The third-order valence-corrected chi connectivity index (χ3v) is 3.63. The number of nitrogens with zero attached hydrogens (tertiary/aromatic N) is 1. The summed E-state index contributed by atoms with van der Waals surface area (Å²) in [4.78, 5) is 13.9. The Morgan fingerprint density at radius 3 is 2.83 bits per heavy atom. The minimum atomic E-state index is 0.389. The number of fused-ring (bicyclic) bond motifs is 3. The summed E-state index contributed by atoms with van der Waals surface area (Å²) in [7, 11) is 0. The second kappa shape index (κ2) is 2.84. The number of ketones is 1. The number of carbonyl (C=O) groups is 1. The minimum Gasteiger partial charge on any atom is -0.298 e. The third-order valence-electron chi connectivity index (χ3n) is 3.63. The molecule has 12 heavy (non-hydrogen) atoms. The molecule has 0 N–H and O–H groups in total. The van der Waals surface area contributed by atoms with Gasteiger partial charge in [0, 0.05) is 12.0 Å². The van der Waals surface area contributed by atoms with Crippen molar-refractivity contribution in [2.24, 2.45) is 11.8 Å². The fourth-order valence-corrected chi connectivity index (χ4v) is 2.93. The van der Waals surface area contributed by atoms with Crippen LogP contribution in [0.4, 0.5) is 0 Å². The number of Topliss-reactive ketones (excluding diaryl/α,β-unsaturated/α-hetero) is 1. The highest BCUT2D eigenvalue weighted by Crippen LogP contribution is 2.35. The summed E-state index contributed by atoms with van der Waals surface area (Å²) in [6, 6.07) is 0.682. The molecule has 3 fully saturated rings. The maximum absolute atomic E-state index is 11.5. The zero-order valence-corrected chi connectivity index (χ0v) is 7.92. The van der Waals surface area contributed by atoms with Gasteiger partial charge in [-0.25, -0.2) is 0 Å². The van der Waals surface area contributed by atoms with Crippen molar-refractivity contribution in [3.8, 4) is 0 Å². The highest BCUT2D eigenvalue weighted by atomic mass is 16.1. The van der Waals surface area contributed by atoms with E-state index in [2.05, 4.69) is 18.7 Å². The molecule has 0 aromatic heterocycles. The predicted octanol–water partition coefficient (Wildman–Crippen LogP) is 1.31. The number of carbonyl (C=O) groups excluding carboxylic acids is 1. The van der Waals surface area contributed by atoms with E-state index in [1.165, 1.54) is 6.42 Å². The molecule has 0 spiro atoms. The van der Waals surface area contributed by atoms with E-state index in [9.17, 15) is 4.79 Å². The zero-order valence-electron chi connectivity index (χ0n) is 7.92. The topological polar surface area (TPSA) is 20.3 Å². The van der Waals surface area contributed by atoms with Gasteiger partial charge in [0.25, 0.3) is 0 Å². The normalized spacial score (nSPS) is 46.7. The van der Waals surface area contributed by atoms with E-state index in [1.54, 1.807) is 0 Å². The van der Waals surface area contributed by atoms with Crippen LogP contribution in [-0.2, 0) is 4.79 Å². The maximum atomic E-state index is 11.5. The van der Waals surface area contributed by atoms with Crippen molar-refractivity contribution in [2.75, 3.05) is 13.1 Å². The van der Waals surface area contributed by atoms with Crippen molar-refractivity contribution in [3.05, 3.63) is 0 Å². The van der Waals surface area contributed by atoms with Crippen molar-refractivity contribution < 1.29 is 4.79 Å². The average Bonchev–Trinajstić information content (AvgIpc) is 2.05. The van der Waals surface area contributed by atoms with E-state index in [1.807, 2.05) is 0 Å². The summed E-state index contributed by atoms with van der Waals surface area (Å²) >= 11 is 0. The Morgan fingerprint density at radius 1 is 1.58 bits per heavy atom. The van der Waals surface area contributed by atoms with E-state index in [-0.39, 0.29) is 0 Å². The van der Waals surface area contributed by atoms with E-state index in [0.29, 0.717) is 23.7 Å². The SMILES string of the molecule is CCC1C(C)C2CCN1CC2=O.